The van der Waals surface area contributed by atoms with E-state index in [9.17, 15) is 9.18 Å². The molecule has 0 aromatic heterocycles. The van der Waals surface area contributed by atoms with E-state index in [1.54, 1.807) is 6.07 Å². The van der Waals surface area contributed by atoms with E-state index in [1.807, 2.05) is 6.07 Å². The third-order valence-electron chi connectivity index (χ3n) is 6.08. The Hall–Kier alpha value is -1.38. The van der Waals surface area contributed by atoms with Gasteiger partial charge in [0.1, 0.15) is 5.82 Å². The average Bonchev–Trinajstić information content (AvgIpc) is 2.44. The first-order chi connectivity index (χ1) is 10.6. The predicted octanol–water partition coefficient (Wildman–Crippen LogP) is 3.70. The zero-order valence-corrected chi connectivity index (χ0v) is 13.0. The van der Waals surface area contributed by atoms with Crippen molar-refractivity contribution < 1.29 is 9.18 Å². The topological polar surface area (TPSA) is 29.1 Å². The number of hydrogen-bond acceptors (Lipinski definition) is 1. The number of carbonyl (C=O) groups is 1. The summed E-state index contributed by atoms with van der Waals surface area (Å²) in [5.74, 6) is 2.48. The van der Waals surface area contributed by atoms with Crippen molar-refractivity contribution in [2.75, 3.05) is 6.54 Å². The quantitative estimate of drug-likeness (QED) is 0.902. The molecule has 1 aromatic rings. The molecule has 0 heterocycles. The fraction of sp³-hybridized carbons (Fsp3) is 0.632. The summed E-state index contributed by atoms with van der Waals surface area (Å²) in [6.45, 7) is 0.824. The first-order valence-corrected chi connectivity index (χ1v) is 8.61. The van der Waals surface area contributed by atoms with Crippen LogP contribution in [-0.4, -0.2) is 12.5 Å². The van der Waals surface area contributed by atoms with Gasteiger partial charge >= 0.3 is 0 Å². The van der Waals surface area contributed by atoms with Gasteiger partial charge in [0.25, 0.3) is 0 Å². The number of halogens is 1. The van der Waals surface area contributed by atoms with Gasteiger partial charge in [-0.2, -0.15) is 0 Å². The second-order valence-electron chi connectivity index (χ2n) is 8.00. The molecule has 0 atom stereocenters. The highest BCUT2D eigenvalue weighted by molar-refractivity contribution is 5.78. The third-order valence-corrected chi connectivity index (χ3v) is 6.08. The lowest BCUT2D eigenvalue weighted by molar-refractivity contribution is -0.122. The summed E-state index contributed by atoms with van der Waals surface area (Å²) in [5.41, 5.74) is 1.12. The maximum absolute atomic E-state index is 13.2. The van der Waals surface area contributed by atoms with Crippen LogP contribution in [0.15, 0.2) is 24.3 Å². The number of nitrogens with one attached hydrogen (secondary N) is 1. The van der Waals surface area contributed by atoms with Crippen molar-refractivity contribution >= 4 is 5.91 Å². The summed E-state index contributed by atoms with van der Waals surface area (Å²) in [7, 11) is 0. The Morgan fingerprint density at radius 1 is 1.14 bits per heavy atom. The number of rotatable bonds is 4. The Labute approximate surface area is 131 Å². The van der Waals surface area contributed by atoms with Crippen LogP contribution in [-0.2, 0) is 11.2 Å². The van der Waals surface area contributed by atoms with Crippen LogP contribution in [0.5, 0.6) is 0 Å². The molecule has 3 heteroatoms. The van der Waals surface area contributed by atoms with Gasteiger partial charge in [-0.15, -0.1) is 0 Å². The molecule has 4 bridgehead atoms. The maximum atomic E-state index is 13.2. The van der Waals surface area contributed by atoms with E-state index in [2.05, 4.69) is 5.32 Å². The molecule has 4 aliphatic rings. The lowest BCUT2D eigenvalue weighted by Crippen LogP contribution is -2.51. The summed E-state index contributed by atoms with van der Waals surface area (Å²) >= 11 is 0. The predicted molar refractivity (Wildman–Crippen MR) is 83.7 cm³/mol. The number of carbonyl (C=O) groups excluding carboxylic acids is 1. The van der Waals surface area contributed by atoms with Crippen LogP contribution in [0.2, 0.25) is 0 Å². The first-order valence-electron chi connectivity index (χ1n) is 8.61. The zero-order chi connectivity index (χ0) is 15.2. The van der Waals surface area contributed by atoms with E-state index in [0.29, 0.717) is 5.41 Å². The molecule has 4 saturated carbocycles. The molecule has 4 fully saturated rings. The van der Waals surface area contributed by atoms with Crippen molar-refractivity contribution in [1.29, 1.82) is 0 Å². The summed E-state index contributed by atoms with van der Waals surface area (Å²) in [6, 6.07) is 6.34. The molecule has 0 aliphatic heterocycles. The lowest BCUT2D eigenvalue weighted by atomic mass is 9.49. The number of hydrogen-bond donors (Lipinski definition) is 1. The SMILES string of the molecule is O=C(Cc1cccc(F)c1)NCC12CC3CC(CC(C3)C1)C2. The van der Waals surface area contributed by atoms with Crippen LogP contribution in [0.25, 0.3) is 0 Å². The zero-order valence-electron chi connectivity index (χ0n) is 13.0. The maximum Gasteiger partial charge on any atom is 0.224 e. The van der Waals surface area contributed by atoms with Crippen molar-refractivity contribution in [3.05, 3.63) is 35.6 Å². The van der Waals surface area contributed by atoms with Crippen LogP contribution in [0.1, 0.15) is 44.1 Å². The Bertz CT molecular complexity index is 547. The van der Waals surface area contributed by atoms with Gasteiger partial charge in [0.05, 0.1) is 6.42 Å². The second kappa shape index (κ2) is 5.36. The minimum Gasteiger partial charge on any atom is -0.355 e. The standard InChI is InChI=1S/C19H24FNO/c20-17-3-1-2-13(7-17)8-18(22)21-12-19-9-14-4-15(10-19)6-16(5-14)11-19/h1-3,7,14-16H,4-6,8-12H2,(H,21,22). The van der Waals surface area contributed by atoms with Gasteiger partial charge in [0.15, 0.2) is 0 Å². The molecule has 0 unspecified atom stereocenters. The molecule has 0 saturated heterocycles. The summed E-state index contributed by atoms with van der Waals surface area (Å²) in [6.07, 6.45) is 8.48. The minimum atomic E-state index is -0.272. The number of amides is 1. The fourth-order valence-corrected chi connectivity index (χ4v) is 5.69. The normalized spacial score (nSPS) is 35.6. The monoisotopic (exact) mass is 301 g/mol. The van der Waals surface area contributed by atoms with Gasteiger partial charge in [-0.1, -0.05) is 12.1 Å². The molecule has 5 rings (SSSR count). The molecule has 0 radical (unpaired) electrons. The molecule has 1 amide bonds. The van der Waals surface area contributed by atoms with Gasteiger partial charge in [-0.25, -0.2) is 4.39 Å². The third kappa shape index (κ3) is 2.78. The molecule has 2 nitrogen and oxygen atoms in total. The smallest absolute Gasteiger partial charge is 0.224 e. The van der Waals surface area contributed by atoms with Crippen molar-refractivity contribution in [2.45, 2.75) is 44.9 Å². The van der Waals surface area contributed by atoms with Crippen LogP contribution in [0.3, 0.4) is 0 Å². The Kier molecular flexibility index (Phi) is 3.47. The Morgan fingerprint density at radius 2 is 1.77 bits per heavy atom. The highest BCUT2D eigenvalue weighted by atomic mass is 19.1. The van der Waals surface area contributed by atoms with Gasteiger partial charge in [-0.3, -0.25) is 4.79 Å². The minimum absolute atomic E-state index is 0.0290. The van der Waals surface area contributed by atoms with E-state index in [-0.39, 0.29) is 18.1 Å². The van der Waals surface area contributed by atoms with E-state index in [4.69, 9.17) is 0 Å². The van der Waals surface area contributed by atoms with Gasteiger partial charge in [-0.05, 0) is 79.4 Å². The molecule has 118 valence electrons. The Balaban J connectivity index is 1.35. The van der Waals surface area contributed by atoms with E-state index in [1.165, 1.54) is 50.7 Å². The lowest BCUT2D eigenvalue weighted by Gasteiger charge is -2.56. The molecular weight excluding hydrogens is 277 g/mol. The van der Waals surface area contributed by atoms with Crippen LogP contribution >= 0.6 is 0 Å². The molecule has 4 aliphatic carbocycles. The average molecular weight is 301 g/mol. The highest BCUT2D eigenvalue weighted by Gasteiger charge is 2.50. The van der Waals surface area contributed by atoms with Crippen molar-refractivity contribution in [2.24, 2.45) is 23.2 Å². The highest BCUT2D eigenvalue weighted by Crippen LogP contribution is 2.59. The summed E-state index contributed by atoms with van der Waals surface area (Å²) < 4.78 is 13.2. The van der Waals surface area contributed by atoms with Crippen LogP contribution in [0.4, 0.5) is 4.39 Å². The summed E-state index contributed by atoms with van der Waals surface area (Å²) in [5, 5.41) is 3.15. The summed E-state index contributed by atoms with van der Waals surface area (Å²) in [4.78, 5) is 12.2. The first kappa shape index (κ1) is 14.2. The van der Waals surface area contributed by atoms with Crippen molar-refractivity contribution in [3.8, 4) is 0 Å². The van der Waals surface area contributed by atoms with Crippen LogP contribution < -0.4 is 5.32 Å². The Morgan fingerprint density at radius 3 is 2.36 bits per heavy atom. The molecular formula is C19H24FNO. The van der Waals surface area contributed by atoms with Crippen molar-refractivity contribution in [1.82, 2.24) is 5.32 Å². The molecule has 0 spiro atoms. The van der Waals surface area contributed by atoms with Gasteiger partial charge in [0.2, 0.25) is 5.91 Å². The fourth-order valence-electron chi connectivity index (χ4n) is 5.69. The van der Waals surface area contributed by atoms with E-state index < -0.39 is 0 Å². The van der Waals surface area contributed by atoms with Crippen molar-refractivity contribution in [3.63, 3.8) is 0 Å². The van der Waals surface area contributed by atoms with Crippen LogP contribution in [0, 0.1) is 29.0 Å². The second-order valence-corrected chi connectivity index (χ2v) is 8.00. The van der Waals surface area contributed by atoms with E-state index >= 15 is 0 Å². The molecule has 1 N–H and O–H groups in total. The van der Waals surface area contributed by atoms with Gasteiger partial charge in [0, 0.05) is 6.54 Å². The number of benzene rings is 1. The largest absolute Gasteiger partial charge is 0.355 e. The molecule has 22 heavy (non-hydrogen) atoms. The molecule has 1 aromatic carbocycles. The van der Waals surface area contributed by atoms with E-state index in [0.717, 1.165) is 29.9 Å². The van der Waals surface area contributed by atoms with Gasteiger partial charge < -0.3 is 5.32 Å².